The molecule has 0 atom stereocenters. The first-order valence-electron chi connectivity index (χ1n) is 7.62. The first-order chi connectivity index (χ1) is 11.9. The van der Waals surface area contributed by atoms with Crippen molar-refractivity contribution in [2.24, 2.45) is 5.10 Å². The van der Waals surface area contributed by atoms with Gasteiger partial charge in [0.15, 0.2) is 11.6 Å². The zero-order chi connectivity index (χ0) is 18.1. The second-order valence-corrected chi connectivity index (χ2v) is 5.80. The van der Waals surface area contributed by atoms with Gasteiger partial charge in [0.2, 0.25) is 5.43 Å². The lowest BCUT2D eigenvalue weighted by Gasteiger charge is -2.12. The first-order valence-corrected chi connectivity index (χ1v) is 7.62. The molecule has 0 aliphatic carbocycles. The Morgan fingerprint density at radius 1 is 1.08 bits per heavy atom. The quantitative estimate of drug-likeness (QED) is 0.533. The normalized spacial score (nSPS) is 11.8. The first kappa shape index (κ1) is 16.8. The summed E-state index contributed by atoms with van der Waals surface area (Å²) < 4.78 is 33.0. The summed E-state index contributed by atoms with van der Waals surface area (Å²) in [4.78, 5) is 13.0. The Morgan fingerprint density at radius 2 is 1.72 bits per heavy atom. The molecule has 0 spiro atoms. The number of halogens is 2. The van der Waals surface area contributed by atoms with Gasteiger partial charge in [-0.25, -0.2) is 8.78 Å². The highest BCUT2D eigenvalue weighted by atomic mass is 19.2. The van der Waals surface area contributed by atoms with Crippen molar-refractivity contribution < 1.29 is 13.2 Å². The van der Waals surface area contributed by atoms with Crippen LogP contribution in [0.4, 0.5) is 8.78 Å². The zero-order valence-corrected chi connectivity index (χ0v) is 14.0. The summed E-state index contributed by atoms with van der Waals surface area (Å²) in [5.74, 6) is -1.89. The molecule has 2 aromatic carbocycles. The Labute approximate surface area is 143 Å². The van der Waals surface area contributed by atoms with Crippen molar-refractivity contribution in [2.45, 2.75) is 6.92 Å². The fourth-order valence-corrected chi connectivity index (χ4v) is 2.66. The summed E-state index contributed by atoms with van der Waals surface area (Å²) in [5, 5.41) is 5.79. The molecular weight excluding hydrogens is 326 g/mol. The predicted molar refractivity (Wildman–Crippen MR) is 93.7 cm³/mol. The Hall–Kier alpha value is -3.02. The maximum absolute atomic E-state index is 13.6. The van der Waals surface area contributed by atoms with E-state index in [9.17, 15) is 13.6 Å². The minimum absolute atomic E-state index is 0.0100. The number of hydrazone groups is 1. The Morgan fingerprint density at radius 3 is 2.36 bits per heavy atom. The third kappa shape index (κ3) is 3.15. The second-order valence-electron chi connectivity index (χ2n) is 5.80. The molecule has 3 rings (SSSR count). The maximum Gasteiger partial charge on any atom is 0.202 e. The van der Waals surface area contributed by atoms with Crippen LogP contribution in [0.15, 0.2) is 56.8 Å². The molecule has 0 aliphatic heterocycles. The minimum Gasteiger partial charge on any atom is -0.455 e. The molecule has 0 radical (unpaired) electrons. The zero-order valence-electron chi connectivity index (χ0n) is 14.0. The van der Waals surface area contributed by atoms with E-state index in [4.69, 9.17) is 4.42 Å². The highest BCUT2D eigenvalue weighted by Gasteiger charge is 2.20. The highest BCUT2D eigenvalue weighted by Crippen LogP contribution is 2.27. The van der Waals surface area contributed by atoms with Crippen molar-refractivity contribution in [3.8, 4) is 11.3 Å². The molecule has 0 bridgehead atoms. The van der Waals surface area contributed by atoms with Crippen LogP contribution in [-0.2, 0) is 0 Å². The summed E-state index contributed by atoms with van der Waals surface area (Å²) in [5.41, 5.74) is 0.823. The van der Waals surface area contributed by atoms with E-state index in [0.29, 0.717) is 11.3 Å². The largest absolute Gasteiger partial charge is 0.455 e. The van der Waals surface area contributed by atoms with Gasteiger partial charge in [0, 0.05) is 25.7 Å². The number of nitrogens with zero attached hydrogens (tertiary/aromatic N) is 2. The molecule has 0 saturated carbocycles. The lowest BCUT2D eigenvalue weighted by atomic mass is 10.0. The van der Waals surface area contributed by atoms with Gasteiger partial charge in [-0.15, -0.1) is 0 Å². The molecule has 4 nitrogen and oxygen atoms in total. The van der Waals surface area contributed by atoms with Crippen LogP contribution in [0.5, 0.6) is 0 Å². The molecule has 0 fully saturated rings. The fraction of sp³-hybridized carbons (Fsp3) is 0.158. The molecule has 0 saturated heterocycles. The Bertz CT molecular complexity index is 1030. The summed E-state index contributed by atoms with van der Waals surface area (Å²) in [6.07, 6.45) is 0. The average Bonchev–Trinajstić information content (AvgIpc) is 2.56. The van der Waals surface area contributed by atoms with Crippen molar-refractivity contribution in [2.75, 3.05) is 14.1 Å². The molecule has 128 valence electrons. The van der Waals surface area contributed by atoms with E-state index in [1.807, 2.05) is 6.07 Å². The highest BCUT2D eigenvalue weighted by molar-refractivity contribution is 6.05. The maximum atomic E-state index is 13.6. The van der Waals surface area contributed by atoms with Gasteiger partial charge in [-0.1, -0.05) is 30.3 Å². The molecule has 1 heterocycles. The van der Waals surface area contributed by atoms with E-state index in [-0.39, 0.29) is 22.3 Å². The lowest BCUT2D eigenvalue weighted by molar-refractivity contribution is 0.437. The number of hydrogen-bond acceptors (Lipinski definition) is 4. The molecule has 6 heteroatoms. The third-order valence-corrected chi connectivity index (χ3v) is 3.68. The van der Waals surface area contributed by atoms with E-state index >= 15 is 0 Å². The number of hydrogen-bond donors (Lipinski definition) is 0. The van der Waals surface area contributed by atoms with Gasteiger partial charge in [-0.2, -0.15) is 5.10 Å². The van der Waals surface area contributed by atoms with Crippen LogP contribution in [0.1, 0.15) is 12.5 Å². The lowest BCUT2D eigenvalue weighted by Crippen LogP contribution is -2.18. The summed E-state index contributed by atoms with van der Waals surface area (Å²) in [6, 6.07) is 10.7. The van der Waals surface area contributed by atoms with Crippen LogP contribution in [0.25, 0.3) is 22.3 Å². The molecule has 1 aromatic heterocycles. The van der Waals surface area contributed by atoms with Crippen molar-refractivity contribution in [3.63, 3.8) is 0 Å². The minimum atomic E-state index is -1.10. The van der Waals surface area contributed by atoms with E-state index in [0.717, 1.165) is 12.1 Å². The number of rotatable bonds is 3. The fourth-order valence-electron chi connectivity index (χ4n) is 2.66. The van der Waals surface area contributed by atoms with Crippen molar-refractivity contribution in [1.82, 2.24) is 5.01 Å². The molecular formula is C19H16F2N2O2. The van der Waals surface area contributed by atoms with Crippen molar-refractivity contribution >= 4 is 16.7 Å². The van der Waals surface area contributed by atoms with Gasteiger partial charge in [0.1, 0.15) is 11.3 Å². The average molecular weight is 342 g/mol. The summed E-state index contributed by atoms with van der Waals surface area (Å²) >= 11 is 0. The van der Waals surface area contributed by atoms with Crippen LogP contribution in [0.3, 0.4) is 0 Å². The second kappa shape index (κ2) is 6.47. The van der Waals surface area contributed by atoms with E-state index in [1.54, 1.807) is 50.3 Å². The van der Waals surface area contributed by atoms with Gasteiger partial charge < -0.3 is 9.43 Å². The molecule has 0 aliphatic rings. The van der Waals surface area contributed by atoms with Crippen molar-refractivity contribution in [1.29, 1.82) is 0 Å². The standard InChI is InChI=1S/C19H16F2N2O2/c1-11(22-23(2)3)17-18(24)13-9-14(20)15(21)10-16(13)25-19(17)12-7-5-4-6-8-12/h4-10H,1-3H3/b22-11+. The number of benzene rings is 2. The van der Waals surface area contributed by atoms with Gasteiger partial charge in [-0.05, 0) is 13.0 Å². The van der Waals surface area contributed by atoms with E-state index < -0.39 is 17.1 Å². The molecule has 3 aromatic rings. The van der Waals surface area contributed by atoms with Gasteiger partial charge >= 0.3 is 0 Å². The Balaban J connectivity index is 2.43. The predicted octanol–water partition coefficient (Wildman–Crippen LogP) is 4.02. The van der Waals surface area contributed by atoms with E-state index in [1.165, 1.54) is 0 Å². The summed E-state index contributed by atoms with van der Waals surface area (Å²) in [7, 11) is 3.45. The Kier molecular flexibility index (Phi) is 4.35. The topological polar surface area (TPSA) is 45.8 Å². The molecule has 0 unspecified atom stereocenters. The van der Waals surface area contributed by atoms with Crippen LogP contribution < -0.4 is 5.43 Å². The van der Waals surface area contributed by atoms with Crippen molar-refractivity contribution in [3.05, 3.63) is 69.9 Å². The smallest absolute Gasteiger partial charge is 0.202 e. The van der Waals surface area contributed by atoms with E-state index in [2.05, 4.69) is 5.10 Å². The molecule has 0 N–H and O–H groups in total. The monoisotopic (exact) mass is 342 g/mol. The van der Waals surface area contributed by atoms with Crippen LogP contribution in [-0.4, -0.2) is 24.8 Å². The summed E-state index contributed by atoms with van der Waals surface area (Å²) in [6.45, 7) is 1.67. The molecule has 25 heavy (non-hydrogen) atoms. The van der Waals surface area contributed by atoms with Crippen LogP contribution >= 0.6 is 0 Å². The number of fused-ring (bicyclic) bond motifs is 1. The third-order valence-electron chi connectivity index (χ3n) is 3.68. The SMILES string of the molecule is C/C(=N\N(C)C)c1c(-c2ccccc2)oc2cc(F)c(F)cc2c1=O. The van der Waals surface area contributed by atoms with Gasteiger partial charge in [0.25, 0.3) is 0 Å². The van der Waals surface area contributed by atoms with Gasteiger partial charge in [-0.3, -0.25) is 4.79 Å². The van der Waals surface area contributed by atoms with Crippen LogP contribution in [0, 0.1) is 11.6 Å². The molecule has 0 amide bonds. The van der Waals surface area contributed by atoms with Gasteiger partial charge in [0.05, 0.1) is 16.7 Å². The van der Waals surface area contributed by atoms with Crippen LogP contribution in [0.2, 0.25) is 0 Å².